The Morgan fingerprint density at radius 3 is 2.78 bits per heavy atom. The fourth-order valence-corrected chi connectivity index (χ4v) is 1.81. The summed E-state index contributed by atoms with van der Waals surface area (Å²) in [5, 5.41) is 16.8. The van der Waals surface area contributed by atoms with Crippen molar-refractivity contribution in [2.75, 3.05) is 11.9 Å². The maximum absolute atomic E-state index is 11.7. The van der Waals surface area contributed by atoms with Gasteiger partial charge in [-0.2, -0.15) is 0 Å². The van der Waals surface area contributed by atoms with Crippen LogP contribution in [-0.4, -0.2) is 34.1 Å². The summed E-state index contributed by atoms with van der Waals surface area (Å²) in [5.74, 6) is -0.596. The van der Waals surface area contributed by atoms with E-state index in [0.29, 0.717) is 11.6 Å². The zero-order valence-corrected chi connectivity index (χ0v) is 11.4. The molecule has 0 saturated carbocycles. The van der Waals surface area contributed by atoms with Crippen molar-refractivity contribution in [3.8, 4) is 0 Å². The lowest BCUT2D eigenvalue weighted by atomic mass is 10.0. The highest BCUT2D eigenvalue weighted by atomic mass is 32.1. The molecule has 0 spiro atoms. The van der Waals surface area contributed by atoms with E-state index in [2.05, 4.69) is 15.6 Å². The van der Waals surface area contributed by atoms with E-state index in [4.69, 9.17) is 0 Å². The lowest BCUT2D eigenvalue weighted by Crippen LogP contribution is -2.40. The number of amides is 2. The summed E-state index contributed by atoms with van der Waals surface area (Å²) in [5.41, 5.74) is -0.692. The number of aromatic nitrogens is 1. The average molecular weight is 271 g/mol. The minimum atomic E-state index is -0.924. The molecule has 1 aromatic heterocycles. The molecule has 1 rings (SSSR count). The van der Waals surface area contributed by atoms with E-state index in [9.17, 15) is 14.7 Å². The Labute approximate surface area is 109 Å². The average Bonchev–Trinajstić information content (AvgIpc) is 2.73. The maximum atomic E-state index is 11.7. The van der Waals surface area contributed by atoms with Crippen molar-refractivity contribution in [3.63, 3.8) is 0 Å². The first-order valence-corrected chi connectivity index (χ1v) is 6.45. The molecule has 1 heterocycles. The Bertz CT molecular complexity index is 442. The zero-order valence-electron chi connectivity index (χ0n) is 10.6. The van der Waals surface area contributed by atoms with Gasteiger partial charge in [0.05, 0.1) is 5.60 Å². The van der Waals surface area contributed by atoms with Gasteiger partial charge in [0.25, 0.3) is 5.91 Å². The quantitative estimate of drug-likeness (QED) is 0.745. The fourth-order valence-electron chi connectivity index (χ4n) is 1.07. The van der Waals surface area contributed by atoms with Crippen LogP contribution in [0.15, 0.2) is 5.38 Å². The summed E-state index contributed by atoms with van der Waals surface area (Å²) < 4.78 is 0. The number of hydrogen-bond acceptors (Lipinski definition) is 5. The lowest BCUT2D eigenvalue weighted by Gasteiger charge is -2.21. The Morgan fingerprint density at radius 2 is 2.22 bits per heavy atom. The molecule has 18 heavy (non-hydrogen) atoms. The molecule has 100 valence electrons. The summed E-state index contributed by atoms with van der Waals surface area (Å²) in [6, 6.07) is 0. The summed E-state index contributed by atoms with van der Waals surface area (Å²) in [4.78, 5) is 26.5. The highest BCUT2D eigenvalue weighted by Gasteiger charge is 2.19. The maximum Gasteiger partial charge on any atom is 0.270 e. The molecule has 0 aliphatic carbocycles. The van der Waals surface area contributed by atoms with Crippen LogP contribution in [0.3, 0.4) is 0 Å². The van der Waals surface area contributed by atoms with Crippen LogP contribution in [0.25, 0.3) is 0 Å². The van der Waals surface area contributed by atoms with E-state index < -0.39 is 5.60 Å². The first-order valence-electron chi connectivity index (χ1n) is 5.58. The molecule has 3 N–H and O–H groups in total. The number of carbonyl (C=O) groups excluding carboxylic acids is 2. The molecule has 1 aromatic rings. The highest BCUT2D eigenvalue weighted by molar-refractivity contribution is 7.14. The van der Waals surface area contributed by atoms with Gasteiger partial charge in [0.1, 0.15) is 5.69 Å². The topological polar surface area (TPSA) is 91.3 Å². The number of anilines is 1. The third-order valence-corrected chi connectivity index (χ3v) is 3.17. The molecular weight excluding hydrogens is 254 g/mol. The summed E-state index contributed by atoms with van der Waals surface area (Å²) in [7, 11) is 0. The van der Waals surface area contributed by atoms with E-state index in [1.165, 1.54) is 18.3 Å². The fraction of sp³-hybridized carbons (Fsp3) is 0.545. The van der Waals surface area contributed by atoms with Crippen LogP contribution in [0.4, 0.5) is 5.13 Å². The largest absolute Gasteiger partial charge is 0.388 e. The summed E-state index contributed by atoms with van der Waals surface area (Å²) >= 11 is 1.18. The molecule has 0 fully saturated rings. The molecule has 0 radical (unpaired) electrons. The molecule has 0 saturated heterocycles. The van der Waals surface area contributed by atoms with Crippen molar-refractivity contribution < 1.29 is 14.7 Å². The van der Waals surface area contributed by atoms with Gasteiger partial charge >= 0.3 is 0 Å². The Hall–Kier alpha value is -1.47. The SMILES string of the molecule is CCC(C)(O)CNC(=O)c1csc(NC(C)=O)n1. The zero-order chi connectivity index (χ0) is 13.8. The molecule has 1 unspecified atom stereocenters. The molecule has 0 aliphatic heterocycles. The van der Waals surface area contributed by atoms with Crippen LogP contribution < -0.4 is 10.6 Å². The Balaban J connectivity index is 2.57. The van der Waals surface area contributed by atoms with E-state index >= 15 is 0 Å². The predicted molar refractivity (Wildman–Crippen MR) is 69.7 cm³/mol. The molecule has 0 aromatic carbocycles. The summed E-state index contributed by atoms with van der Waals surface area (Å²) in [6.07, 6.45) is 0.543. The Morgan fingerprint density at radius 1 is 1.56 bits per heavy atom. The standard InChI is InChI=1S/C11H17N3O3S/c1-4-11(3,17)6-12-9(16)8-5-18-10(14-8)13-7(2)15/h5,17H,4,6H2,1-3H3,(H,12,16)(H,13,14,15). The van der Waals surface area contributed by atoms with E-state index in [0.717, 1.165) is 0 Å². The number of aliphatic hydroxyl groups is 1. The summed E-state index contributed by atoms with van der Waals surface area (Å²) in [6.45, 7) is 5.02. The third kappa shape index (κ3) is 4.42. The van der Waals surface area contributed by atoms with Gasteiger partial charge in [0.15, 0.2) is 5.13 Å². The van der Waals surface area contributed by atoms with Gasteiger partial charge in [0.2, 0.25) is 5.91 Å². The van der Waals surface area contributed by atoms with Crippen LogP contribution in [0.2, 0.25) is 0 Å². The second-order valence-electron chi connectivity index (χ2n) is 4.25. The minimum absolute atomic E-state index is 0.162. The van der Waals surface area contributed by atoms with Gasteiger partial charge in [0, 0.05) is 18.8 Å². The van der Waals surface area contributed by atoms with Crippen LogP contribution >= 0.6 is 11.3 Å². The Kier molecular flexibility index (Phi) is 4.80. The third-order valence-electron chi connectivity index (χ3n) is 2.41. The smallest absolute Gasteiger partial charge is 0.270 e. The molecule has 6 nitrogen and oxygen atoms in total. The first kappa shape index (κ1) is 14.6. The highest BCUT2D eigenvalue weighted by Crippen LogP contribution is 2.15. The van der Waals surface area contributed by atoms with Gasteiger partial charge in [-0.15, -0.1) is 11.3 Å². The number of thiazole rings is 1. The van der Waals surface area contributed by atoms with Crippen LogP contribution in [-0.2, 0) is 4.79 Å². The molecule has 7 heteroatoms. The van der Waals surface area contributed by atoms with Gasteiger partial charge < -0.3 is 15.7 Å². The first-order chi connectivity index (χ1) is 8.34. The molecule has 2 amide bonds. The van der Waals surface area contributed by atoms with Crippen molar-refractivity contribution in [1.82, 2.24) is 10.3 Å². The van der Waals surface area contributed by atoms with Gasteiger partial charge in [-0.1, -0.05) is 6.92 Å². The monoisotopic (exact) mass is 271 g/mol. The van der Waals surface area contributed by atoms with Crippen molar-refractivity contribution in [2.45, 2.75) is 32.8 Å². The van der Waals surface area contributed by atoms with Crippen LogP contribution in [0.5, 0.6) is 0 Å². The van der Waals surface area contributed by atoms with E-state index in [-0.39, 0.29) is 24.1 Å². The van der Waals surface area contributed by atoms with E-state index in [1.807, 2.05) is 6.92 Å². The molecular formula is C11H17N3O3S. The number of carbonyl (C=O) groups is 2. The van der Waals surface area contributed by atoms with Crippen LogP contribution in [0, 0.1) is 0 Å². The number of hydrogen-bond donors (Lipinski definition) is 3. The number of rotatable bonds is 5. The van der Waals surface area contributed by atoms with Crippen molar-refractivity contribution in [2.24, 2.45) is 0 Å². The molecule has 0 aliphatic rings. The second-order valence-corrected chi connectivity index (χ2v) is 5.11. The second kappa shape index (κ2) is 5.92. The molecule has 1 atom stereocenters. The van der Waals surface area contributed by atoms with Crippen molar-refractivity contribution >= 4 is 28.3 Å². The normalized spacial score (nSPS) is 13.8. The number of nitrogens with zero attached hydrogens (tertiary/aromatic N) is 1. The van der Waals surface area contributed by atoms with Crippen molar-refractivity contribution in [3.05, 3.63) is 11.1 Å². The van der Waals surface area contributed by atoms with Crippen LogP contribution in [0.1, 0.15) is 37.7 Å². The van der Waals surface area contributed by atoms with Gasteiger partial charge in [-0.3, -0.25) is 9.59 Å². The number of nitrogens with one attached hydrogen (secondary N) is 2. The van der Waals surface area contributed by atoms with Gasteiger partial charge in [-0.05, 0) is 13.3 Å². The molecule has 0 bridgehead atoms. The minimum Gasteiger partial charge on any atom is -0.388 e. The predicted octanol–water partition coefficient (Wildman–Crippen LogP) is 0.992. The lowest BCUT2D eigenvalue weighted by molar-refractivity contribution is -0.114. The van der Waals surface area contributed by atoms with E-state index in [1.54, 1.807) is 12.3 Å². The van der Waals surface area contributed by atoms with Gasteiger partial charge in [-0.25, -0.2) is 4.98 Å². The van der Waals surface area contributed by atoms with Crippen molar-refractivity contribution in [1.29, 1.82) is 0 Å².